The van der Waals surface area contributed by atoms with E-state index in [9.17, 15) is 9.59 Å². The first-order chi connectivity index (χ1) is 17.1. The summed E-state index contributed by atoms with van der Waals surface area (Å²) in [6.45, 7) is 4.84. The highest BCUT2D eigenvalue weighted by Crippen LogP contribution is 2.31. The number of ether oxygens (including phenoxy) is 1. The Hall–Kier alpha value is -2.89. The number of Topliss-reactive ketones (excluding diaryl/α,β-unsaturated/α-hetero) is 1. The number of likely N-dealkylation sites (tertiary alicyclic amines) is 1. The van der Waals surface area contributed by atoms with Crippen molar-refractivity contribution in [1.29, 1.82) is 0 Å². The van der Waals surface area contributed by atoms with E-state index in [1.54, 1.807) is 0 Å². The van der Waals surface area contributed by atoms with E-state index >= 15 is 0 Å². The van der Waals surface area contributed by atoms with Gasteiger partial charge >= 0.3 is 5.97 Å². The zero-order chi connectivity index (χ0) is 24.5. The number of benzene rings is 3. The average Bonchev–Trinajstić information content (AvgIpc) is 2.90. The van der Waals surface area contributed by atoms with Gasteiger partial charge in [0.05, 0.1) is 17.5 Å². The van der Waals surface area contributed by atoms with Crippen molar-refractivity contribution in [3.05, 3.63) is 90.5 Å². The number of unbranched alkanes of at least 4 members (excludes halogenated alkanes) is 1. The Labute approximate surface area is 211 Å². The molecule has 4 nitrogen and oxygen atoms in total. The van der Waals surface area contributed by atoms with Crippen LogP contribution in [0, 0.1) is 5.92 Å². The predicted octanol–water partition coefficient (Wildman–Crippen LogP) is 6.02. The summed E-state index contributed by atoms with van der Waals surface area (Å²) in [6.07, 6.45) is 3.71. The van der Waals surface area contributed by atoms with Crippen LogP contribution in [0.25, 0.3) is 0 Å². The number of piperidine rings is 1. The maximum absolute atomic E-state index is 13.2. The van der Waals surface area contributed by atoms with E-state index in [0.717, 1.165) is 50.9 Å². The molecule has 3 aromatic carbocycles. The van der Waals surface area contributed by atoms with Crippen molar-refractivity contribution in [2.75, 3.05) is 26.2 Å². The number of carbonyl (C=O) groups is 2. The fourth-order valence-electron chi connectivity index (χ4n) is 4.58. The van der Waals surface area contributed by atoms with Crippen LogP contribution in [0.2, 0.25) is 0 Å². The van der Waals surface area contributed by atoms with Crippen LogP contribution in [0.5, 0.6) is 0 Å². The van der Waals surface area contributed by atoms with Gasteiger partial charge in [-0.05, 0) is 93.8 Å². The summed E-state index contributed by atoms with van der Waals surface area (Å²) < 4.78 is 5.00. The molecule has 35 heavy (non-hydrogen) atoms. The van der Waals surface area contributed by atoms with Gasteiger partial charge in [0.1, 0.15) is 0 Å². The number of carbonyl (C=O) groups excluding carboxylic acids is 2. The molecule has 0 amide bonds. The Kier molecular flexibility index (Phi) is 9.15. The molecule has 0 aromatic heterocycles. The summed E-state index contributed by atoms with van der Waals surface area (Å²) in [4.78, 5) is 30.3. The van der Waals surface area contributed by atoms with E-state index in [-0.39, 0.29) is 28.6 Å². The minimum absolute atomic E-state index is 0.0969. The number of nitrogens with zero attached hydrogens (tertiary/aromatic N) is 1. The molecule has 1 saturated heterocycles. The average molecular weight is 489 g/mol. The summed E-state index contributed by atoms with van der Waals surface area (Å²) in [7, 11) is -0.199. The molecule has 1 fully saturated rings. The van der Waals surface area contributed by atoms with E-state index in [1.807, 2.05) is 24.3 Å². The van der Waals surface area contributed by atoms with E-state index in [4.69, 9.17) is 4.74 Å². The van der Waals surface area contributed by atoms with Crippen molar-refractivity contribution in [1.82, 2.24) is 4.90 Å². The Morgan fingerprint density at radius 2 is 1.34 bits per heavy atom. The standard InChI is InChI=1S/C30H34NO3S/c1-24(32)34-23-9-8-20-31-21-18-26(19-22-31)30(33)25-14-16-29(17-15-25)35(27-10-4-2-5-11-27)28-12-6-3-7-13-28/h2-7,10-17,26H,8-9,18-23H2,1H3/q+1. The molecule has 1 aliphatic heterocycles. The van der Waals surface area contributed by atoms with E-state index in [1.165, 1.54) is 21.6 Å². The molecule has 3 aromatic rings. The molecule has 0 atom stereocenters. The Morgan fingerprint density at radius 3 is 1.89 bits per heavy atom. The molecular weight excluding hydrogens is 454 g/mol. The lowest BCUT2D eigenvalue weighted by molar-refractivity contribution is -0.141. The second kappa shape index (κ2) is 12.7. The third-order valence-electron chi connectivity index (χ3n) is 6.46. The summed E-state index contributed by atoms with van der Waals surface area (Å²) in [6, 6.07) is 29.5. The van der Waals surface area contributed by atoms with Crippen molar-refractivity contribution in [2.45, 2.75) is 47.3 Å². The highest BCUT2D eigenvalue weighted by molar-refractivity contribution is 7.97. The Morgan fingerprint density at radius 1 is 0.800 bits per heavy atom. The van der Waals surface area contributed by atoms with Crippen LogP contribution in [0.1, 0.15) is 43.0 Å². The van der Waals surface area contributed by atoms with Gasteiger partial charge < -0.3 is 9.64 Å². The topological polar surface area (TPSA) is 46.6 Å². The number of hydrogen-bond donors (Lipinski definition) is 0. The zero-order valence-electron chi connectivity index (χ0n) is 20.4. The summed E-state index contributed by atoms with van der Waals surface area (Å²) >= 11 is 0. The molecule has 1 heterocycles. The molecule has 182 valence electrons. The first-order valence-electron chi connectivity index (χ1n) is 12.5. The van der Waals surface area contributed by atoms with Gasteiger partial charge in [-0.15, -0.1) is 0 Å². The second-order valence-corrected chi connectivity index (χ2v) is 11.0. The molecular formula is C30H34NO3S+. The van der Waals surface area contributed by atoms with Gasteiger partial charge in [0.25, 0.3) is 0 Å². The van der Waals surface area contributed by atoms with Crippen LogP contribution in [-0.2, 0) is 20.4 Å². The highest BCUT2D eigenvalue weighted by Gasteiger charge is 2.30. The van der Waals surface area contributed by atoms with Crippen molar-refractivity contribution < 1.29 is 14.3 Å². The van der Waals surface area contributed by atoms with Gasteiger partial charge in [0.15, 0.2) is 20.5 Å². The third kappa shape index (κ3) is 7.06. The van der Waals surface area contributed by atoms with Crippen molar-refractivity contribution >= 4 is 22.6 Å². The SMILES string of the molecule is CC(=O)OCCCCN1CCC(C(=O)c2ccc([S+](c3ccccc3)c3ccccc3)cc2)CC1. The third-order valence-corrected chi connectivity index (χ3v) is 8.70. The zero-order valence-corrected chi connectivity index (χ0v) is 21.2. The number of esters is 1. The van der Waals surface area contributed by atoms with Gasteiger partial charge in [-0.3, -0.25) is 9.59 Å². The fourth-order valence-corrected chi connectivity index (χ4v) is 6.67. The molecule has 0 spiro atoms. The number of hydrogen-bond acceptors (Lipinski definition) is 4. The van der Waals surface area contributed by atoms with Crippen LogP contribution < -0.4 is 0 Å². The molecule has 0 N–H and O–H groups in total. The second-order valence-electron chi connectivity index (χ2n) is 8.98. The van der Waals surface area contributed by atoms with Gasteiger partial charge in [-0.1, -0.05) is 36.4 Å². The Bertz CT molecular complexity index is 1040. The molecule has 1 aliphatic rings. The van der Waals surface area contributed by atoms with Crippen molar-refractivity contribution in [3.63, 3.8) is 0 Å². The number of ketones is 1. The lowest BCUT2D eigenvalue weighted by Gasteiger charge is -2.31. The molecule has 0 saturated carbocycles. The van der Waals surface area contributed by atoms with Gasteiger partial charge in [-0.2, -0.15) is 0 Å². The summed E-state index contributed by atoms with van der Waals surface area (Å²) in [5, 5.41) is 0. The molecule has 5 heteroatoms. The summed E-state index contributed by atoms with van der Waals surface area (Å²) in [5.74, 6) is 0.151. The minimum atomic E-state index is -0.214. The molecule has 0 bridgehead atoms. The van der Waals surface area contributed by atoms with Crippen LogP contribution in [0.3, 0.4) is 0 Å². The molecule has 0 radical (unpaired) electrons. The number of rotatable bonds is 10. The van der Waals surface area contributed by atoms with Gasteiger partial charge in [0, 0.05) is 18.4 Å². The maximum Gasteiger partial charge on any atom is 0.302 e. The van der Waals surface area contributed by atoms with Crippen molar-refractivity contribution in [3.8, 4) is 0 Å². The monoisotopic (exact) mass is 488 g/mol. The van der Waals surface area contributed by atoms with Gasteiger partial charge in [-0.25, -0.2) is 0 Å². The lowest BCUT2D eigenvalue weighted by Crippen LogP contribution is -2.37. The van der Waals surface area contributed by atoms with Crippen LogP contribution >= 0.6 is 0 Å². The fraction of sp³-hybridized carbons (Fsp3) is 0.333. The first kappa shape index (κ1) is 25.2. The summed E-state index contributed by atoms with van der Waals surface area (Å²) in [5.41, 5.74) is 0.818. The van der Waals surface area contributed by atoms with Crippen molar-refractivity contribution in [2.24, 2.45) is 5.92 Å². The molecule has 4 rings (SSSR count). The molecule has 0 aliphatic carbocycles. The first-order valence-corrected chi connectivity index (χ1v) is 13.7. The van der Waals surface area contributed by atoms with Crippen LogP contribution in [0.15, 0.2) is 99.6 Å². The largest absolute Gasteiger partial charge is 0.466 e. The predicted molar refractivity (Wildman–Crippen MR) is 141 cm³/mol. The quantitative estimate of drug-likeness (QED) is 0.152. The smallest absolute Gasteiger partial charge is 0.302 e. The van der Waals surface area contributed by atoms with E-state index in [0.29, 0.717) is 6.61 Å². The van der Waals surface area contributed by atoms with E-state index < -0.39 is 0 Å². The van der Waals surface area contributed by atoms with Crippen LogP contribution in [0.4, 0.5) is 0 Å². The van der Waals surface area contributed by atoms with E-state index in [2.05, 4.69) is 65.6 Å². The van der Waals surface area contributed by atoms with Crippen LogP contribution in [-0.4, -0.2) is 42.9 Å². The normalized spacial score (nSPS) is 14.7. The highest BCUT2D eigenvalue weighted by atomic mass is 32.2. The van der Waals surface area contributed by atoms with Gasteiger partial charge in [0.2, 0.25) is 0 Å². The Balaban J connectivity index is 1.35. The maximum atomic E-state index is 13.2. The lowest BCUT2D eigenvalue weighted by atomic mass is 9.89. The molecule has 0 unspecified atom stereocenters. The minimum Gasteiger partial charge on any atom is -0.466 e.